The normalized spacial score (nSPS) is 18.0. The second-order valence-electron chi connectivity index (χ2n) is 5.23. The number of carbonyl (C=O) groups excluding carboxylic acids is 1. The minimum Gasteiger partial charge on any atom is -0.497 e. The van der Waals surface area contributed by atoms with Crippen molar-refractivity contribution >= 4 is 11.9 Å². The molecule has 0 bridgehead atoms. The summed E-state index contributed by atoms with van der Waals surface area (Å²) < 4.78 is 10.6. The molecule has 1 aromatic rings. The van der Waals surface area contributed by atoms with Gasteiger partial charge < -0.3 is 9.47 Å². The van der Waals surface area contributed by atoms with E-state index in [2.05, 4.69) is 11.8 Å². The number of carbonyl (C=O) groups is 1. The molecule has 1 aromatic carbocycles. The molecule has 4 nitrogen and oxygen atoms in total. The maximum Gasteiger partial charge on any atom is 0.161 e. The molecule has 1 saturated heterocycles. The Kier molecular flexibility index (Phi) is 5.39. The first-order valence-electron chi connectivity index (χ1n) is 7.36. The van der Waals surface area contributed by atoms with Gasteiger partial charge in [0.05, 0.1) is 14.2 Å². The van der Waals surface area contributed by atoms with Gasteiger partial charge in [0, 0.05) is 36.7 Å². The van der Waals surface area contributed by atoms with E-state index in [1.165, 1.54) is 0 Å². The van der Waals surface area contributed by atoms with Gasteiger partial charge in [0.2, 0.25) is 0 Å². The van der Waals surface area contributed by atoms with Gasteiger partial charge in [-0.2, -0.15) is 0 Å². The lowest BCUT2D eigenvalue weighted by atomic mass is 9.99. The summed E-state index contributed by atoms with van der Waals surface area (Å²) in [6, 6.07) is 5.65. The highest BCUT2D eigenvalue weighted by Crippen LogP contribution is 2.27. The van der Waals surface area contributed by atoms with Crippen LogP contribution in [0.3, 0.4) is 0 Å². The van der Waals surface area contributed by atoms with Crippen LogP contribution < -0.4 is 9.47 Å². The summed E-state index contributed by atoms with van der Waals surface area (Å²) in [7, 11) is 3.25. The molecule has 0 aromatic heterocycles. The van der Waals surface area contributed by atoms with Gasteiger partial charge in [-0.3, -0.25) is 9.69 Å². The van der Waals surface area contributed by atoms with E-state index in [1.54, 1.807) is 14.2 Å². The molecule has 21 heavy (non-hydrogen) atoms. The zero-order chi connectivity index (χ0) is 15.2. The maximum atomic E-state index is 12.1. The minimum absolute atomic E-state index is 0.236. The van der Waals surface area contributed by atoms with Crippen LogP contribution in [0.2, 0.25) is 0 Å². The topological polar surface area (TPSA) is 38.8 Å². The summed E-state index contributed by atoms with van der Waals surface area (Å²) in [4.78, 5) is 14.4. The average Bonchev–Trinajstić information content (AvgIpc) is 2.51. The predicted molar refractivity (Wildman–Crippen MR) is 83.9 cm³/mol. The first-order valence-corrected chi connectivity index (χ1v) is 7.36. The maximum absolute atomic E-state index is 12.1. The number of Topliss-reactive ketones (excluding diaryl/α,β-unsaturated/α-hetero) is 1. The molecular formula is C17H23NO3. The number of ketones is 1. The highest BCUT2D eigenvalue weighted by atomic mass is 16.5. The molecule has 0 saturated carbocycles. The third-order valence-electron chi connectivity index (χ3n) is 3.72. The molecule has 114 valence electrons. The van der Waals surface area contributed by atoms with Gasteiger partial charge in [-0.05, 0) is 31.2 Å². The van der Waals surface area contributed by atoms with E-state index < -0.39 is 0 Å². The number of piperidine rings is 1. The van der Waals surface area contributed by atoms with Crippen LogP contribution in [-0.4, -0.2) is 44.5 Å². The molecule has 0 atom stereocenters. The minimum atomic E-state index is 0.236. The van der Waals surface area contributed by atoms with Crippen molar-refractivity contribution < 1.29 is 14.3 Å². The lowest BCUT2D eigenvalue weighted by Crippen LogP contribution is -2.36. The van der Waals surface area contributed by atoms with Gasteiger partial charge in [0.15, 0.2) is 5.78 Å². The van der Waals surface area contributed by atoms with Gasteiger partial charge in [0.25, 0.3) is 0 Å². The number of likely N-dealkylation sites (tertiary alicyclic amines) is 1. The molecule has 1 fully saturated rings. The van der Waals surface area contributed by atoms with Crippen LogP contribution in [0.25, 0.3) is 6.08 Å². The van der Waals surface area contributed by atoms with Gasteiger partial charge in [-0.15, -0.1) is 0 Å². The summed E-state index contributed by atoms with van der Waals surface area (Å²) >= 11 is 0. The molecule has 0 N–H and O–H groups in total. The Morgan fingerprint density at radius 3 is 2.76 bits per heavy atom. The number of nitrogens with zero attached hydrogens (tertiary/aromatic N) is 1. The first-order chi connectivity index (χ1) is 10.2. The van der Waals surface area contributed by atoms with Crippen molar-refractivity contribution in [2.75, 3.05) is 33.9 Å². The molecule has 0 aliphatic carbocycles. The number of methoxy groups -OCH3 is 2. The van der Waals surface area contributed by atoms with Gasteiger partial charge in [-0.25, -0.2) is 0 Å². The van der Waals surface area contributed by atoms with Crippen LogP contribution in [0, 0.1) is 0 Å². The lowest BCUT2D eigenvalue weighted by Gasteiger charge is -2.27. The number of hydrogen-bond donors (Lipinski definition) is 0. The van der Waals surface area contributed by atoms with Crippen molar-refractivity contribution in [3.8, 4) is 11.5 Å². The van der Waals surface area contributed by atoms with Gasteiger partial charge in [-0.1, -0.05) is 6.92 Å². The fraction of sp³-hybridized carbons (Fsp3) is 0.471. The predicted octanol–water partition coefficient (Wildman–Crippen LogP) is 2.77. The van der Waals surface area contributed by atoms with Crippen molar-refractivity contribution in [3.05, 3.63) is 29.3 Å². The summed E-state index contributed by atoms with van der Waals surface area (Å²) in [6.07, 6.45) is 3.65. The molecule has 0 unspecified atom stereocenters. The molecule has 0 radical (unpaired) electrons. The van der Waals surface area contributed by atoms with Crippen LogP contribution in [0.5, 0.6) is 11.5 Å². The van der Waals surface area contributed by atoms with E-state index in [9.17, 15) is 4.79 Å². The fourth-order valence-corrected chi connectivity index (χ4v) is 2.59. The number of benzene rings is 1. The van der Waals surface area contributed by atoms with E-state index in [0.29, 0.717) is 6.42 Å². The molecule has 2 rings (SSSR count). The number of hydrogen-bond acceptors (Lipinski definition) is 4. The molecule has 1 heterocycles. The highest BCUT2D eigenvalue weighted by Gasteiger charge is 2.21. The largest absolute Gasteiger partial charge is 0.497 e. The lowest BCUT2D eigenvalue weighted by molar-refractivity contribution is -0.117. The molecule has 1 aliphatic heterocycles. The fourth-order valence-electron chi connectivity index (χ4n) is 2.59. The average molecular weight is 289 g/mol. The third-order valence-corrected chi connectivity index (χ3v) is 3.72. The molecular weight excluding hydrogens is 266 g/mol. The summed E-state index contributed by atoms with van der Waals surface area (Å²) in [5, 5.41) is 0. The van der Waals surface area contributed by atoms with E-state index in [1.807, 2.05) is 24.3 Å². The highest BCUT2D eigenvalue weighted by molar-refractivity contribution is 6.01. The van der Waals surface area contributed by atoms with Crippen LogP contribution in [0.1, 0.15) is 25.3 Å². The summed E-state index contributed by atoms with van der Waals surface area (Å²) in [5.74, 6) is 1.71. The second kappa shape index (κ2) is 7.27. The van der Waals surface area contributed by atoms with Crippen molar-refractivity contribution in [1.29, 1.82) is 0 Å². The van der Waals surface area contributed by atoms with Gasteiger partial charge >= 0.3 is 0 Å². The van der Waals surface area contributed by atoms with E-state index in [-0.39, 0.29) is 5.78 Å². The molecule has 0 amide bonds. The van der Waals surface area contributed by atoms with Gasteiger partial charge in [0.1, 0.15) is 11.5 Å². The Morgan fingerprint density at radius 1 is 1.29 bits per heavy atom. The van der Waals surface area contributed by atoms with E-state index in [4.69, 9.17) is 9.47 Å². The Labute approximate surface area is 126 Å². The van der Waals surface area contributed by atoms with Crippen LogP contribution >= 0.6 is 0 Å². The first kappa shape index (κ1) is 15.6. The Bertz CT molecular complexity index is 537. The van der Waals surface area contributed by atoms with Crippen molar-refractivity contribution in [2.45, 2.75) is 19.8 Å². The standard InChI is InChI=1S/C17H23NO3/c1-4-8-18-9-7-16(19)14(12-18)10-13-5-6-15(20-2)11-17(13)21-3/h5-6,10-11H,4,7-9,12H2,1-3H3/b14-10+. The molecule has 0 spiro atoms. The second-order valence-corrected chi connectivity index (χ2v) is 5.23. The Balaban J connectivity index is 2.26. The Hall–Kier alpha value is -1.81. The molecule has 1 aliphatic rings. The van der Waals surface area contributed by atoms with E-state index in [0.717, 1.165) is 48.7 Å². The zero-order valence-electron chi connectivity index (χ0n) is 13.0. The third kappa shape index (κ3) is 3.85. The quantitative estimate of drug-likeness (QED) is 0.781. The van der Waals surface area contributed by atoms with Crippen LogP contribution in [0.15, 0.2) is 23.8 Å². The smallest absolute Gasteiger partial charge is 0.161 e. The summed E-state index contributed by atoms with van der Waals surface area (Å²) in [6.45, 7) is 4.78. The van der Waals surface area contributed by atoms with E-state index >= 15 is 0 Å². The van der Waals surface area contributed by atoms with Crippen molar-refractivity contribution in [2.24, 2.45) is 0 Å². The summed E-state index contributed by atoms with van der Waals surface area (Å²) in [5.41, 5.74) is 1.78. The van der Waals surface area contributed by atoms with Crippen molar-refractivity contribution in [3.63, 3.8) is 0 Å². The van der Waals surface area contributed by atoms with Crippen LogP contribution in [-0.2, 0) is 4.79 Å². The monoisotopic (exact) mass is 289 g/mol. The Morgan fingerprint density at radius 2 is 2.10 bits per heavy atom. The molecule has 4 heteroatoms. The zero-order valence-corrected chi connectivity index (χ0v) is 13.0. The van der Waals surface area contributed by atoms with Crippen molar-refractivity contribution in [1.82, 2.24) is 4.90 Å². The SMILES string of the molecule is CCCN1CCC(=O)/C(=C/c2ccc(OC)cc2OC)C1. The number of ether oxygens (including phenoxy) is 2. The number of rotatable bonds is 5. The van der Waals surface area contributed by atoms with Crippen LogP contribution in [0.4, 0.5) is 0 Å².